The van der Waals surface area contributed by atoms with Crippen LogP contribution in [0.4, 0.5) is 10.1 Å². The van der Waals surface area contributed by atoms with E-state index >= 15 is 0 Å². The molecule has 2 N–H and O–H groups in total. The quantitative estimate of drug-likeness (QED) is 0.686. The molecule has 0 unspecified atom stereocenters. The summed E-state index contributed by atoms with van der Waals surface area (Å²) in [7, 11) is 1.84. The molecule has 0 fully saturated rings. The fourth-order valence-electron chi connectivity index (χ4n) is 3.30. The van der Waals surface area contributed by atoms with Gasteiger partial charge in [-0.25, -0.2) is 4.39 Å². The van der Waals surface area contributed by atoms with Crippen molar-refractivity contribution in [3.63, 3.8) is 0 Å². The van der Waals surface area contributed by atoms with Crippen molar-refractivity contribution in [2.24, 2.45) is 7.05 Å². The average Bonchev–Trinajstić information content (AvgIpc) is 3.13. The zero-order chi connectivity index (χ0) is 19.5. The number of aromatic nitrogens is 3. The summed E-state index contributed by atoms with van der Waals surface area (Å²) in [5, 5.41) is 10.0. The monoisotopic (exact) mass is 377 g/mol. The Kier molecular flexibility index (Phi) is 4.99. The Morgan fingerprint density at radius 1 is 1.32 bits per heavy atom. The Balaban J connectivity index is 1.53. The summed E-state index contributed by atoms with van der Waals surface area (Å²) in [4.78, 5) is 16.5. The minimum absolute atomic E-state index is 0.203. The van der Waals surface area contributed by atoms with Crippen molar-refractivity contribution >= 4 is 17.7 Å². The van der Waals surface area contributed by atoms with Gasteiger partial charge in [-0.1, -0.05) is 0 Å². The normalized spacial score (nSPS) is 13.5. The minimum atomic E-state index is -0.429. The van der Waals surface area contributed by atoms with Crippen LogP contribution in [0.25, 0.3) is 17.2 Å². The second kappa shape index (κ2) is 7.74. The highest BCUT2D eigenvalue weighted by Crippen LogP contribution is 2.24. The van der Waals surface area contributed by atoms with Crippen molar-refractivity contribution in [1.29, 1.82) is 0 Å². The van der Waals surface area contributed by atoms with Gasteiger partial charge in [0.2, 0.25) is 5.91 Å². The molecule has 0 radical (unpaired) electrons. The lowest BCUT2D eigenvalue weighted by Gasteiger charge is -2.18. The van der Waals surface area contributed by atoms with E-state index < -0.39 is 11.7 Å². The van der Waals surface area contributed by atoms with E-state index in [4.69, 9.17) is 0 Å². The fourth-order valence-corrected chi connectivity index (χ4v) is 3.30. The van der Waals surface area contributed by atoms with Crippen molar-refractivity contribution in [2.75, 3.05) is 11.9 Å². The molecule has 0 saturated carbocycles. The highest BCUT2D eigenvalue weighted by molar-refractivity contribution is 6.02. The lowest BCUT2D eigenvalue weighted by molar-refractivity contribution is -0.111. The van der Waals surface area contributed by atoms with Gasteiger partial charge >= 0.3 is 0 Å². The highest BCUT2D eigenvalue weighted by Gasteiger charge is 2.14. The maximum Gasteiger partial charge on any atom is 0.248 e. The SMILES string of the molecule is Cn1cc(-c2ccncc2/C=C/C(=O)Nc2cc3c(cc2F)CNCC3)cn1. The molecule has 142 valence electrons. The summed E-state index contributed by atoms with van der Waals surface area (Å²) in [6.07, 6.45) is 10.9. The van der Waals surface area contributed by atoms with Crippen LogP contribution in [0.3, 0.4) is 0 Å². The lowest BCUT2D eigenvalue weighted by atomic mass is 10.00. The molecule has 0 spiro atoms. The molecule has 3 heterocycles. The van der Waals surface area contributed by atoms with E-state index in [-0.39, 0.29) is 5.69 Å². The van der Waals surface area contributed by atoms with Crippen molar-refractivity contribution in [3.8, 4) is 11.1 Å². The number of halogens is 1. The zero-order valence-corrected chi connectivity index (χ0v) is 15.4. The number of anilines is 1. The minimum Gasteiger partial charge on any atom is -0.320 e. The van der Waals surface area contributed by atoms with E-state index in [9.17, 15) is 9.18 Å². The molecule has 0 aliphatic carbocycles. The van der Waals surface area contributed by atoms with Gasteiger partial charge in [0, 0.05) is 49.4 Å². The Morgan fingerprint density at radius 2 is 2.21 bits per heavy atom. The number of nitrogens with one attached hydrogen (secondary N) is 2. The number of fused-ring (bicyclic) bond motifs is 1. The number of carbonyl (C=O) groups excluding carboxylic acids is 1. The van der Waals surface area contributed by atoms with E-state index in [2.05, 4.69) is 20.7 Å². The number of amides is 1. The van der Waals surface area contributed by atoms with E-state index in [1.165, 1.54) is 12.1 Å². The maximum absolute atomic E-state index is 14.3. The number of aryl methyl sites for hydroxylation is 1. The van der Waals surface area contributed by atoms with Crippen LogP contribution in [0.15, 0.2) is 49.1 Å². The summed E-state index contributed by atoms with van der Waals surface area (Å²) >= 11 is 0. The van der Waals surface area contributed by atoms with Gasteiger partial charge in [0.15, 0.2) is 0 Å². The van der Waals surface area contributed by atoms with Crippen LogP contribution < -0.4 is 10.6 Å². The topological polar surface area (TPSA) is 71.8 Å². The number of hydrogen-bond donors (Lipinski definition) is 2. The van der Waals surface area contributed by atoms with Crippen LogP contribution in [-0.2, 0) is 24.8 Å². The first-order valence-corrected chi connectivity index (χ1v) is 9.04. The number of carbonyl (C=O) groups is 1. The summed E-state index contributed by atoms with van der Waals surface area (Å²) < 4.78 is 16.0. The van der Waals surface area contributed by atoms with Crippen molar-refractivity contribution in [1.82, 2.24) is 20.1 Å². The van der Waals surface area contributed by atoms with E-state index in [0.717, 1.165) is 40.8 Å². The van der Waals surface area contributed by atoms with Crippen molar-refractivity contribution in [3.05, 3.63) is 71.6 Å². The number of rotatable bonds is 4. The summed E-state index contributed by atoms with van der Waals surface area (Å²) in [6, 6.07) is 5.08. The Labute approximate surface area is 162 Å². The molecule has 1 aliphatic heterocycles. The van der Waals surface area contributed by atoms with Crippen LogP contribution in [0.5, 0.6) is 0 Å². The number of nitrogens with zero attached hydrogens (tertiary/aromatic N) is 3. The van der Waals surface area contributed by atoms with Gasteiger partial charge in [-0.2, -0.15) is 5.10 Å². The molecule has 6 nitrogen and oxygen atoms in total. The molecule has 1 aromatic carbocycles. The molecule has 1 amide bonds. The van der Waals surface area contributed by atoms with E-state index in [0.29, 0.717) is 6.54 Å². The van der Waals surface area contributed by atoms with Crippen LogP contribution in [0.1, 0.15) is 16.7 Å². The number of pyridine rings is 1. The lowest BCUT2D eigenvalue weighted by Crippen LogP contribution is -2.24. The van der Waals surface area contributed by atoms with Gasteiger partial charge in [0.05, 0.1) is 11.9 Å². The average molecular weight is 377 g/mol. The van der Waals surface area contributed by atoms with Gasteiger partial charge in [-0.3, -0.25) is 14.5 Å². The van der Waals surface area contributed by atoms with Crippen LogP contribution in [-0.4, -0.2) is 27.2 Å². The molecule has 7 heteroatoms. The molecule has 0 bridgehead atoms. The fraction of sp³-hybridized carbons (Fsp3) is 0.190. The molecular weight excluding hydrogens is 357 g/mol. The summed E-state index contributed by atoms with van der Waals surface area (Å²) in [5.74, 6) is -0.824. The first kappa shape index (κ1) is 18.1. The second-order valence-electron chi connectivity index (χ2n) is 6.72. The summed E-state index contributed by atoms with van der Waals surface area (Å²) in [5.41, 5.74) is 4.83. The maximum atomic E-state index is 14.3. The van der Waals surface area contributed by atoms with Gasteiger partial charge < -0.3 is 10.6 Å². The molecule has 3 aromatic rings. The van der Waals surface area contributed by atoms with Crippen molar-refractivity contribution < 1.29 is 9.18 Å². The first-order valence-electron chi connectivity index (χ1n) is 9.04. The molecule has 0 atom stereocenters. The number of hydrogen-bond acceptors (Lipinski definition) is 4. The molecule has 2 aromatic heterocycles. The smallest absolute Gasteiger partial charge is 0.248 e. The largest absolute Gasteiger partial charge is 0.320 e. The molecule has 0 saturated heterocycles. The Bertz CT molecular complexity index is 1060. The number of benzene rings is 1. The van der Waals surface area contributed by atoms with Gasteiger partial charge in [0.25, 0.3) is 0 Å². The summed E-state index contributed by atoms with van der Waals surface area (Å²) in [6.45, 7) is 1.50. The predicted octanol–water partition coefficient (Wildman–Crippen LogP) is 2.92. The standard InChI is InChI=1S/C21H20FN5O/c1-27-13-17(12-25-27)18-5-7-24-10-15(18)2-3-21(28)26-20-9-14-4-6-23-11-16(14)8-19(20)22/h2-3,5,7-10,12-13,23H,4,6,11H2,1H3,(H,26,28)/b3-2+. The molecular formula is C21H20FN5O. The molecule has 4 rings (SSSR count). The highest BCUT2D eigenvalue weighted by atomic mass is 19.1. The third-order valence-electron chi connectivity index (χ3n) is 4.72. The van der Waals surface area contributed by atoms with Gasteiger partial charge in [-0.15, -0.1) is 0 Å². The van der Waals surface area contributed by atoms with E-state index in [1.807, 2.05) is 19.3 Å². The van der Waals surface area contributed by atoms with Gasteiger partial charge in [-0.05, 0) is 53.9 Å². The second-order valence-corrected chi connectivity index (χ2v) is 6.72. The third kappa shape index (κ3) is 3.84. The van der Waals surface area contributed by atoms with Crippen LogP contribution >= 0.6 is 0 Å². The van der Waals surface area contributed by atoms with Crippen LogP contribution in [0.2, 0.25) is 0 Å². The third-order valence-corrected chi connectivity index (χ3v) is 4.72. The van der Waals surface area contributed by atoms with E-state index in [1.54, 1.807) is 35.4 Å². The van der Waals surface area contributed by atoms with Gasteiger partial charge in [0.1, 0.15) is 5.82 Å². The van der Waals surface area contributed by atoms with Crippen molar-refractivity contribution in [2.45, 2.75) is 13.0 Å². The van der Waals surface area contributed by atoms with Crippen LogP contribution in [0, 0.1) is 5.82 Å². The Morgan fingerprint density at radius 3 is 3.04 bits per heavy atom. The first-order chi connectivity index (χ1) is 13.6. The predicted molar refractivity (Wildman–Crippen MR) is 106 cm³/mol. The molecule has 1 aliphatic rings. The zero-order valence-electron chi connectivity index (χ0n) is 15.4. The Hall–Kier alpha value is -3.32. The molecule has 28 heavy (non-hydrogen) atoms.